The second kappa shape index (κ2) is 5.46. The van der Waals surface area contributed by atoms with Crippen LogP contribution in [0.4, 0.5) is 0 Å². The van der Waals surface area contributed by atoms with E-state index in [-0.39, 0.29) is 6.04 Å². The molecular formula is C13H16N4O3. The maximum absolute atomic E-state index is 11.1. The molecule has 0 bridgehead atoms. The summed E-state index contributed by atoms with van der Waals surface area (Å²) in [5.74, 6) is -0.181. The van der Waals surface area contributed by atoms with Crippen LogP contribution in [0.15, 0.2) is 29.2 Å². The summed E-state index contributed by atoms with van der Waals surface area (Å²) in [6, 6.07) is 3.68. The highest BCUT2D eigenvalue weighted by Gasteiger charge is 2.23. The Morgan fingerprint density at radius 2 is 2.25 bits per heavy atom. The minimum absolute atomic E-state index is 0.248. The molecule has 0 amide bonds. The summed E-state index contributed by atoms with van der Waals surface area (Å²) in [4.78, 5) is 17.4. The summed E-state index contributed by atoms with van der Waals surface area (Å²) >= 11 is 0. The first kappa shape index (κ1) is 12.9. The SMILES string of the molecule is O=C(O)c1cccn1C1CCN(Cc2ncon2)CC1. The van der Waals surface area contributed by atoms with Crippen LogP contribution in [0.5, 0.6) is 0 Å². The maximum Gasteiger partial charge on any atom is 0.352 e. The van der Waals surface area contributed by atoms with E-state index in [2.05, 4.69) is 15.0 Å². The Bertz CT molecular complexity index is 570. The number of rotatable bonds is 4. The highest BCUT2D eigenvalue weighted by atomic mass is 16.5. The Hall–Kier alpha value is -2.15. The normalized spacial score (nSPS) is 17.4. The Morgan fingerprint density at radius 3 is 2.90 bits per heavy atom. The lowest BCUT2D eigenvalue weighted by Crippen LogP contribution is -2.35. The number of likely N-dealkylation sites (tertiary alicyclic amines) is 1. The molecule has 3 heterocycles. The van der Waals surface area contributed by atoms with Crippen LogP contribution >= 0.6 is 0 Å². The number of carboxylic acid groups (broad SMARTS) is 1. The fourth-order valence-corrected chi connectivity index (χ4v) is 2.71. The van der Waals surface area contributed by atoms with Gasteiger partial charge >= 0.3 is 5.97 Å². The average Bonchev–Trinajstić information content (AvgIpc) is 3.10. The predicted molar refractivity (Wildman–Crippen MR) is 69.2 cm³/mol. The molecule has 1 saturated heterocycles. The van der Waals surface area contributed by atoms with Crippen molar-refractivity contribution in [3.8, 4) is 0 Å². The molecule has 1 fully saturated rings. The quantitative estimate of drug-likeness (QED) is 0.908. The van der Waals surface area contributed by atoms with Crippen molar-refractivity contribution in [1.29, 1.82) is 0 Å². The second-order valence-electron chi connectivity index (χ2n) is 4.96. The van der Waals surface area contributed by atoms with Crippen LogP contribution in [-0.2, 0) is 6.54 Å². The Balaban J connectivity index is 1.61. The third-order valence-corrected chi connectivity index (χ3v) is 3.72. The smallest absolute Gasteiger partial charge is 0.352 e. The lowest BCUT2D eigenvalue weighted by atomic mass is 10.0. The lowest BCUT2D eigenvalue weighted by Gasteiger charge is -2.32. The first-order valence-corrected chi connectivity index (χ1v) is 6.62. The highest BCUT2D eigenvalue weighted by Crippen LogP contribution is 2.25. The molecule has 0 aromatic carbocycles. The Labute approximate surface area is 115 Å². The van der Waals surface area contributed by atoms with E-state index in [0.717, 1.165) is 25.9 Å². The van der Waals surface area contributed by atoms with Crippen molar-refractivity contribution >= 4 is 5.97 Å². The molecule has 1 aliphatic heterocycles. The van der Waals surface area contributed by atoms with Crippen molar-refractivity contribution in [2.75, 3.05) is 13.1 Å². The van der Waals surface area contributed by atoms with Gasteiger partial charge in [-0.3, -0.25) is 4.90 Å². The van der Waals surface area contributed by atoms with E-state index < -0.39 is 5.97 Å². The molecule has 0 atom stereocenters. The van der Waals surface area contributed by atoms with Gasteiger partial charge in [-0.2, -0.15) is 4.98 Å². The van der Waals surface area contributed by atoms with E-state index in [1.807, 2.05) is 10.8 Å². The summed E-state index contributed by atoms with van der Waals surface area (Å²) in [5, 5.41) is 13.0. The van der Waals surface area contributed by atoms with Crippen LogP contribution in [0.2, 0.25) is 0 Å². The Kier molecular flexibility index (Phi) is 3.51. The molecule has 7 heteroatoms. The van der Waals surface area contributed by atoms with E-state index in [4.69, 9.17) is 9.63 Å². The van der Waals surface area contributed by atoms with Gasteiger partial charge in [0.1, 0.15) is 5.69 Å². The summed E-state index contributed by atoms with van der Waals surface area (Å²) in [6.45, 7) is 2.48. The first-order chi connectivity index (χ1) is 9.74. The summed E-state index contributed by atoms with van der Waals surface area (Å²) in [5.41, 5.74) is 0.363. The van der Waals surface area contributed by atoms with Crippen molar-refractivity contribution in [2.45, 2.75) is 25.4 Å². The van der Waals surface area contributed by atoms with Crippen LogP contribution in [0.1, 0.15) is 35.2 Å². The van der Waals surface area contributed by atoms with Crippen molar-refractivity contribution in [3.05, 3.63) is 36.2 Å². The molecule has 0 spiro atoms. The van der Waals surface area contributed by atoms with Crippen LogP contribution in [-0.4, -0.2) is 43.8 Å². The minimum atomic E-state index is -0.871. The highest BCUT2D eigenvalue weighted by molar-refractivity contribution is 5.85. The van der Waals surface area contributed by atoms with Gasteiger partial charge in [0.2, 0.25) is 6.39 Å². The average molecular weight is 276 g/mol. The van der Waals surface area contributed by atoms with Crippen molar-refractivity contribution < 1.29 is 14.4 Å². The standard InChI is InChI=1S/C13H16N4O3/c18-13(19)11-2-1-5-17(11)10-3-6-16(7-4-10)8-12-14-9-20-15-12/h1-2,5,9-10H,3-4,6-8H2,(H,18,19). The number of piperidine rings is 1. The number of carbonyl (C=O) groups is 1. The van der Waals surface area contributed by atoms with E-state index >= 15 is 0 Å². The molecule has 0 aliphatic carbocycles. The van der Waals surface area contributed by atoms with E-state index in [1.54, 1.807) is 12.1 Å². The molecule has 0 saturated carbocycles. The van der Waals surface area contributed by atoms with Crippen LogP contribution in [0, 0.1) is 0 Å². The molecule has 0 unspecified atom stereocenters. The largest absolute Gasteiger partial charge is 0.477 e. The molecule has 7 nitrogen and oxygen atoms in total. The fraction of sp³-hybridized carbons (Fsp3) is 0.462. The molecule has 3 rings (SSSR count). The van der Waals surface area contributed by atoms with Gasteiger partial charge in [0, 0.05) is 25.3 Å². The molecule has 2 aromatic rings. The molecule has 2 aromatic heterocycles. The Morgan fingerprint density at radius 1 is 1.45 bits per heavy atom. The molecule has 0 radical (unpaired) electrons. The molecular weight excluding hydrogens is 260 g/mol. The number of hydrogen-bond donors (Lipinski definition) is 1. The zero-order valence-electron chi connectivity index (χ0n) is 11.0. The van der Waals surface area contributed by atoms with Gasteiger partial charge in [-0.1, -0.05) is 5.16 Å². The summed E-state index contributed by atoms with van der Waals surface area (Å²) in [7, 11) is 0. The summed E-state index contributed by atoms with van der Waals surface area (Å²) < 4.78 is 6.59. The minimum Gasteiger partial charge on any atom is -0.477 e. The predicted octanol–water partition coefficient (Wildman–Crippen LogP) is 1.41. The van der Waals surface area contributed by atoms with Gasteiger partial charge in [-0.05, 0) is 25.0 Å². The van der Waals surface area contributed by atoms with Gasteiger partial charge in [0.25, 0.3) is 0 Å². The molecule has 106 valence electrons. The van der Waals surface area contributed by atoms with Gasteiger partial charge in [0.05, 0.1) is 6.54 Å². The van der Waals surface area contributed by atoms with Gasteiger partial charge < -0.3 is 14.2 Å². The van der Waals surface area contributed by atoms with E-state index in [0.29, 0.717) is 18.1 Å². The summed E-state index contributed by atoms with van der Waals surface area (Å²) in [6.07, 6.45) is 5.03. The fourth-order valence-electron chi connectivity index (χ4n) is 2.71. The van der Waals surface area contributed by atoms with Gasteiger partial charge in [-0.25, -0.2) is 4.79 Å². The van der Waals surface area contributed by atoms with Gasteiger partial charge in [-0.15, -0.1) is 0 Å². The number of hydrogen-bond acceptors (Lipinski definition) is 5. The van der Waals surface area contributed by atoms with Crippen molar-refractivity contribution in [3.63, 3.8) is 0 Å². The zero-order valence-corrected chi connectivity index (χ0v) is 11.0. The van der Waals surface area contributed by atoms with Crippen LogP contribution in [0.3, 0.4) is 0 Å². The molecule has 1 aliphatic rings. The topological polar surface area (TPSA) is 84.4 Å². The van der Waals surface area contributed by atoms with Crippen LogP contribution < -0.4 is 0 Å². The van der Waals surface area contributed by atoms with E-state index in [1.165, 1.54) is 6.39 Å². The third kappa shape index (κ3) is 2.57. The van der Waals surface area contributed by atoms with Crippen molar-refractivity contribution in [1.82, 2.24) is 19.6 Å². The monoisotopic (exact) mass is 276 g/mol. The third-order valence-electron chi connectivity index (χ3n) is 3.72. The van der Waals surface area contributed by atoms with Gasteiger partial charge in [0.15, 0.2) is 5.82 Å². The lowest BCUT2D eigenvalue weighted by molar-refractivity contribution is 0.0678. The molecule has 1 N–H and O–H groups in total. The van der Waals surface area contributed by atoms with Crippen LogP contribution in [0.25, 0.3) is 0 Å². The first-order valence-electron chi connectivity index (χ1n) is 6.62. The zero-order chi connectivity index (χ0) is 13.9. The number of nitrogens with zero attached hydrogens (tertiary/aromatic N) is 4. The second-order valence-corrected chi connectivity index (χ2v) is 4.96. The van der Waals surface area contributed by atoms with Crippen molar-refractivity contribution in [2.24, 2.45) is 0 Å². The number of aromatic carboxylic acids is 1. The van der Waals surface area contributed by atoms with E-state index in [9.17, 15) is 4.79 Å². The number of carboxylic acids is 1. The maximum atomic E-state index is 11.1. The molecule has 20 heavy (non-hydrogen) atoms. The number of aromatic nitrogens is 3.